The highest BCUT2D eigenvalue weighted by Gasteiger charge is 2.60. The number of hydrogen-bond donors (Lipinski definition) is 2. The average molecular weight is 503 g/mol. The van der Waals surface area contributed by atoms with Gasteiger partial charge in [-0.25, -0.2) is 4.79 Å². The molecule has 6 nitrogen and oxygen atoms in total. The lowest BCUT2D eigenvalue weighted by atomic mass is 9.48. The molecule has 0 spiro atoms. The molecule has 2 N–H and O–H groups in total. The summed E-state index contributed by atoms with van der Waals surface area (Å²) in [5, 5.41) is 12.9. The van der Waals surface area contributed by atoms with Crippen LogP contribution in [0.1, 0.15) is 86.5 Å². The molecular formula is C28H42N2O4S. The number of nitrogens with zero attached hydrogens (tertiary/aromatic N) is 1. The molecule has 0 unspecified atom stereocenters. The molecule has 0 aromatic carbocycles. The maximum absolute atomic E-state index is 14.0. The van der Waals surface area contributed by atoms with Gasteiger partial charge in [-0.1, -0.05) is 19.9 Å². The molecular weight excluding hydrogens is 460 g/mol. The van der Waals surface area contributed by atoms with Crippen LogP contribution < -0.4 is 5.32 Å². The van der Waals surface area contributed by atoms with Gasteiger partial charge in [0.2, 0.25) is 5.91 Å². The van der Waals surface area contributed by atoms with Crippen LogP contribution in [-0.4, -0.2) is 39.3 Å². The molecule has 35 heavy (non-hydrogen) atoms. The Balaban J connectivity index is 1.57. The monoisotopic (exact) mass is 502 g/mol. The number of rotatable bonds is 4. The summed E-state index contributed by atoms with van der Waals surface area (Å²) in [6.45, 7) is 12.9. The summed E-state index contributed by atoms with van der Waals surface area (Å²) in [6.07, 6.45) is 9.83. The van der Waals surface area contributed by atoms with Crippen LogP contribution in [0.3, 0.4) is 0 Å². The summed E-state index contributed by atoms with van der Waals surface area (Å²) in [5.74, 6) is 2.39. The van der Waals surface area contributed by atoms with Gasteiger partial charge in [0.25, 0.3) is 0 Å². The van der Waals surface area contributed by atoms with Crippen LogP contribution in [-0.2, 0) is 9.53 Å². The van der Waals surface area contributed by atoms with Gasteiger partial charge in [-0.15, -0.1) is 0 Å². The first kappa shape index (κ1) is 26.2. The fraction of sp³-hybridized carbons (Fsp3) is 0.750. The van der Waals surface area contributed by atoms with E-state index in [9.17, 15) is 9.59 Å². The van der Waals surface area contributed by atoms with Gasteiger partial charge in [0.1, 0.15) is 5.76 Å². The Morgan fingerprint density at radius 3 is 2.49 bits per heavy atom. The predicted octanol–water partition coefficient (Wildman–Crippen LogP) is 6.27. The molecule has 4 aliphatic carbocycles. The fourth-order valence-electron chi connectivity index (χ4n) is 7.97. The summed E-state index contributed by atoms with van der Waals surface area (Å²) in [7, 11) is 0. The van der Waals surface area contributed by atoms with Crippen molar-refractivity contribution in [1.29, 1.82) is 0 Å². The van der Waals surface area contributed by atoms with Crippen molar-refractivity contribution >= 4 is 29.4 Å². The lowest BCUT2D eigenvalue weighted by molar-refractivity contribution is -0.139. The Labute approximate surface area is 215 Å². The van der Waals surface area contributed by atoms with Crippen molar-refractivity contribution in [2.24, 2.45) is 34.5 Å². The summed E-state index contributed by atoms with van der Waals surface area (Å²) in [6, 6.07) is 0.212. The van der Waals surface area contributed by atoms with Crippen molar-refractivity contribution in [3.05, 3.63) is 23.5 Å². The first-order valence-corrected chi connectivity index (χ1v) is 13.7. The van der Waals surface area contributed by atoms with Crippen molar-refractivity contribution < 1.29 is 19.4 Å². The third kappa shape index (κ3) is 4.54. The molecule has 4 aliphatic rings. The van der Waals surface area contributed by atoms with Gasteiger partial charge in [-0.05, 0) is 119 Å². The van der Waals surface area contributed by atoms with Gasteiger partial charge in [-0.2, -0.15) is 0 Å². The van der Waals surface area contributed by atoms with Crippen molar-refractivity contribution in [1.82, 2.24) is 10.2 Å². The molecule has 0 heterocycles. The van der Waals surface area contributed by atoms with Crippen LogP contribution in [0, 0.1) is 34.5 Å². The zero-order valence-electron chi connectivity index (χ0n) is 22.1. The summed E-state index contributed by atoms with van der Waals surface area (Å²) in [5.41, 5.74) is 1.28. The van der Waals surface area contributed by atoms with Gasteiger partial charge in [0, 0.05) is 24.4 Å². The van der Waals surface area contributed by atoms with E-state index in [0.717, 1.165) is 38.5 Å². The summed E-state index contributed by atoms with van der Waals surface area (Å²) < 4.78 is 5.01. The maximum Gasteiger partial charge on any atom is 0.511 e. The second-order valence-electron chi connectivity index (χ2n) is 12.2. The summed E-state index contributed by atoms with van der Waals surface area (Å²) >= 11 is 5.66. The second-order valence-corrected chi connectivity index (χ2v) is 12.6. The number of ether oxygens (including phenoxy) is 1. The molecule has 0 radical (unpaired) electrons. The number of fused-ring (bicyclic) bond motifs is 5. The third-order valence-corrected chi connectivity index (χ3v) is 9.95. The Hall–Kier alpha value is -1.89. The van der Waals surface area contributed by atoms with Crippen LogP contribution in [0.15, 0.2) is 23.5 Å². The van der Waals surface area contributed by atoms with Crippen LogP contribution in [0.5, 0.6) is 0 Å². The van der Waals surface area contributed by atoms with Crippen molar-refractivity contribution in [2.75, 3.05) is 0 Å². The molecule has 0 aromatic rings. The Bertz CT molecular complexity index is 957. The molecule has 2 fully saturated rings. The van der Waals surface area contributed by atoms with Crippen molar-refractivity contribution in [3.8, 4) is 0 Å². The molecule has 194 valence electrons. The third-order valence-electron chi connectivity index (χ3n) is 9.63. The molecule has 0 saturated heterocycles. The molecule has 1 amide bonds. The minimum Gasteiger partial charge on any atom is -0.449 e. The Kier molecular flexibility index (Phi) is 7.13. The van der Waals surface area contributed by atoms with Crippen LogP contribution in [0.4, 0.5) is 4.79 Å². The lowest BCUT2D eigenvalue weighted by Gasteiger charge is -2.57. The van der Waals surface area contributed by atoms with E-state index >= 15 is 0 Å². The van der Waals surface area contributed by atoms with Crippen molar-refractivity contribution in [2.45, 2.75) is 98.6 Å². The minimum absolute atomic E-state index is 0.00256. The smallest absolute Gasteiger partial charge is 0.449 e. The summed E-state index contributed by atoms with van der Waals surface area (Å²) in [4.78, 5) is 26.8. The SMILES string of the molecule is CC(C)NC(=S)N(C(=O)[C@H]1CC[C@H]2[C@@H]3CC=C4C=C(OC(=O)O)CC[C@]4(C)[C@H]3CC[C@]12C)C(C)C. The van der Waals surface area contributed by atoms with Crippen LogP contribution in [0.2, 0.25) is 0 Å². The molecule has 6 atom stereocenters. The van der Waals surface area contributed by atoms with Gasteiger partial charge in [-0.3, -0.25) is 9.69 Å². The lowest BCUT2D eigenvalue weighted by Crippen LogP contribution is -2.55. The Morgan fingerprint density at radius 2 is 1.86 bits per heavy atom. The zero-order chi connectivity index (χ0) is 25.7. The highest BCUT2D eigenvalue weighted by Crippen LogP contribution is 2.66. The number of amides is 1. The zero-order valence-corrected chi connectivity index (χ0v) is 22.9. The van der Waals surface area contributed by atoms with Crippen LogP contribution >= 0.6 is 12.2 Å². The number of nitrogens with one attached hydrogen (secondary N) is 1. The molecule has 0 aliphatic heterocycles. The standard InChI is InChI=1S/C28H42N2O4S/c1-16(2)29-25(35)30(17(3)4)24(31)23-10-9-21-20-8-7-18-15-19(34-26(32)33)11-13-27(18,5)22(20)12-14-28(21,23)6/h7,15-17,20-23H,8-14H2,1-6H3,(H,29,35)(H,32,33)/t20-,21-,22-,23+,27-,28-/m0/s1. The average Bonchev–Trinajstić information content (AvgIpc) is 3.10. The van der Waals surface area contributed by atoms with E-state index in [1.807, 2.05) is 38.7 Å². The van der Waals surface area contributed by atoms with Crippen LogP contribution in [0.25, 0.3) is 0 Å². The quantitative estimate of drug-likeness (QED) is 0.348. The number of carbonyl (C=O) groups is 2. The van der Waals surface area contributed by atoms with Gasteiger partial charge < -0.3 is 15.2 Å². The first-order chi connectivity index (χ1) is 16.4. The van der Waals surface area contributed by atoms with Gasteiger partial charge in [0.05, 0.1) is 0 Å². The van der Waals surface area contributed by atoms with E-state index in [1.165, 1.54) is 5.57 Å². The Morgan fingerprint density at radius 1 is 1.14 bits per heavy atom. The highest BCUT2D eigenvalue weighted by molar-refractivity contribution is 7.80. The van der Waals surface area contributed by atoms with Gasteiger partial charge >= 0.3 is 6.16 Å². The predicted molar refractivity (Wildman–Crippen MR) is 141 cm³/mol. The van der Waals surface area contributed by atoms with E-state index in [1.54, 1.807) is 0 Å². The molecule has 0 bridgehead atoms. The number of carboxylic acid groups (broad SMARTS) is 1. The molecule has 4 rings (SSSR count). The maximum atomic E-state index is 14.0. The number of allylic oxidation sites excluding steroid dienone is 4. The molecule has 7 heteroatoms. The van der Waals surface area contributed by atoms with E-state index in [0.29, 0.717) is 35.0 Å². The fourth-order valence-corrected chi connectivity index (χ4v) is 8.51. The van der Waals surface area contributed by atoms with Crippen molar-refractivity contribution in [3.63, 3.8) is 0 Å². The van der Waals surface area contributed by atoms with E-state index in [4.69, 9.17) is 22.1 Å². The topological polar surface area (TPSA) is 78.9 Å². The van der Waals surface area contributed by atoms with Gasteiger partial charge in [0.15, 0.2) is 5.11 Å². The van der Waals surface area contributed by atoms with E-state index in [-0.39, 0.29) is 34.7 Å². The minimum atomic E-state index is -1.23. The number of thiocarbonyl (C=S) groups is 1. The normalized spacial score (nSPS) is 35.9. The van der Waals surface area contributed by atoms with E-state index in [2.05, 4.69) is 25.2 Å². The largest absolute Gasteiger partial charge is 0.511 e. The number of carbonyl (C=O) groups excluding carboxylic acids is 1. The number of hydrogen-bond acceptors (Lipinski definition) is 4. The highest BCUT2D eigenvalue weighted by atomic mass is 32.1. The molecule has 0 aromatic heterocycles. The second kappa shape index (κ2) is 9.53. The van der Waals surface area contributed by atoms with E-state index < -0.39 is 6.16 Å². The molecule has 2 saturated carbocycles. The first-order valence-electron chi connectivity index (χ1n) is 13.3.